The Morgan fingerprint density at radius 2 is 1.05 bits per heavy atom. The van der Waals surface area contributed by atoms with Crippen LogP contribution < -0.4 is 43.8 Å². The first-order valence-electron chi connectivity index (χ1n) is 45.6. The number of carbonyl (C=O) groups is 12. The number of aliphatic hydroxyl groups is 1. The largest absolute Gasteiger partial charge is 0.508 e. The third kappa shape index (κ3) is 46.3. The third-order valence-corrected chi connectivity index (χ3v) is 22.0. The summed E-state index contributed by atoms with van der Waals surface area (Å²) < 4.78 is 66.3. The first-order valence-corrected chi connectivity index (χ1v) is 46.3. The summed E-state index contributed by atoms with van der Waals surface area (Å²) in [5, 5.41) is 36.2. The minimum atomic E-state index is -1.54. The van der Waals surface area contributed by atoms with E-state index in [4.69, 9.17) is 74.0 Å². The fourth-order valence-corrected chi connectivity index (χ4v) is 15.0. The number of hydrogen-bond acceptors (Lipinski definition) is 29. The van der Waals surface area contributed by atoms with Gasteiger partial charge in [0.25, 0.3) is 0 Å². The number of H-pyrrole nitrogens is 2. The number of ether oxygens (including phenoxy) is 12. The van der Waals surface area contributed by atoms with E-state index >= 15 is 9.59 Å². The van der Waals surface area contributed by atoms with E-state index in [0.29, 0.717) is 181 Å². The number of amides is 7. The second-order valence-corrected chi connectivity index (χ2v) is 33.0. The van der Waals surface area contributed by atoms with Crippen molar-refractivity contribution < 1.29 is 125 Å². The van der Waals surface area contributed by atoms with Gasteiger partial charge in [0, 0.05) is 130 Å². The summed E-state index contributed by atoms with van der Waals surface area (Å²) >= 11 is 4.08. The van der Waals surface area contributed by atoms with Gasteiger partial charge >= 0.3 is 0 Å². The number of carbonyl (C=O) groups excluding carboxylic acids is 12. The van der Waals surface area contributed by atoms with Crippen molar-refractivity contribution >= 4 is 99.8 Å². The Kier molecular flexibility index (Phi) is 55.8. The molecule has 9 atom stereocenters. The number of fused-ring (bicyclic) bond motifs is 1. The number of aromatic nitrogens is 3. The maximum atomic E-state index is 15.3. The van der Waals surface area contributed by atoms with Crippen LogP contribution in [0.3, 0.4) is 0 Å². The number of nitrogens with one attached hydrogen (secondary N) is 7. The fraction of sp³-hybridized carbons (Fsp3) is 0.670. The molecule has 6 rings (SSSR count). The second kappa shape index (κ2) is 66.2. The van der Waals surface area contributed by atoms with Gasteiger partial charge in [0.05, 0.1) is 214 Å². The summed E-state index contributed by atoms with van der Waals surface area (Å²) in [6.45, 7) is 13.0. The number of thiol groups is 1. The van der Waals surface area contributed by atoms with Gasteiger partial charge in [-0.25, -0.2) is 4.98 Å². The average molecular weight is 1870 g/mol. The lowest BCUT2D eigenvalue weighted by molar-refractivity contribution is -0.143. The van der Waals surface area contributed by atoms with E-state index < -0.39 is 120 Å². The van der Waals surface area contributed by atoms with E-state index in [1.807, 2.05) is 32.0 Å². The molecule has 0 aliphatic carbocycles. The highest BCUT2D eigenvalue weighted by Crippen LogP contribution is 2.29. The van der Waals surface area contributed by atoms with E-state index in [9.17, 15) is 58.2 Å². The molecule has 0 saturated carbocycles. The van der Waals surface area contributed by atoms with Gasteiger partial charge in [-0.3, -0.25) is 62.5 Å². The summed E-state index contributed by atoms with van der Waals surface area (Å²) in [6, 6.07) is 7.36. The van der Waals surface area contributed by atoms with Gasteiger partial charge in [-0.2, -0.15) is 12.6 Å². The van der Waals surface area contributed by atoms with Gasteiger partial charge in [0.2, 0.25) is 41.4 Å². The van der Waals surface area contributed by atoms with E-state index in [1.165, 1.54) is 41.7 Å². The molecule has 40 heteroatoms. The van der Waals surface area contributed by atoms with Gasteiger partial charge < -0.3 is 126 Å². The molecular weight excluding hydrogens is 1720 g/mol. The van der Waals surface area contributed by atoms with Crippen LogP contribution >= 0.6 is 12.6 Å². The summed E-state index contributed by atoms with van der Waals surface area (Å²) in [5.41, 5.74) is 19.0. The Hall–Kier alpha value is -9.27. The number of guanidine groups is 1. The molecule has 4 aromatic rings. The van der Waals surface area contributed by atoms with Crippen LogP contribution in [0, 0.1) is 29.6 Å². The zero-order chi connectivity index (χ0) is 94.6. The van der Waals surface area contributed by atoms with Crippen molar-refractivity contribution in [3.05, 3.63) is 84.1 Å². The number of aliphatic imine (C=N–C) groups is 1. The van der Waals surface area contributed by atoms with Gasteiger partial charge in [-0.1, -0.05) is 50.6 Å². The Morgan fingerprint density at radius 1 is 0.550 bits per heavy atom. The van der Waals surface area contributed by atoms with Gasteiger partial charge in [0.15, 0.2) is 34.9 Å². The number of benzene rings is 2. The molecule has 2 aromatic carbocycles. The minimum Gasteiger partial charge on any atom is -0.508 e. The van der Waals surface area contributed by atoms with Crippen LogP contribution in [0.2, 0.25) is 0 Å². The summed E-state index contributed by atoms with van der Waals surface area (Å²) in [4.78, 5) is 185. The smallest absolute Gasteiger partial charge is 0.226 e. The molecule has 39 nitrogen and oxygen atoms in total. The molecule has 131 heavy (non-hydrogen) atoms. The predicted octanol–water partition coefficient (Wildman–Crippen LogP) is 2.38. The number of likely N-dealkylation sites (tertiary alicyclic amines) is 1. The van der Waals surface area contributed by atoms with Crippen molar-refractivity contribution in [2.24, 2.45) is 51.8 Å². The van der Waals surface area contributed by atoms with Gasteiger partial charge in [-0.05, 0) is 93.0 Å². The lowest BCUT2D eigenvalue weighted by Crippen LogP contribution is -2.50. The lowest BCUT2D eigenvalue weighted by atomic mass is 9.87. The number of phenolic OH excluding ortho intramolecular Hbond substituents is 1. The second-order valence-electron chi connectivity index (χ2n) is 32.6. The third-order valence-electron chi connectivity index (χ3n) is 21.8. The van der Waals surface area contributed by atoms with Crippen molar-refractivity contribution in [3.8, 4) is 5.75 Å². The molecule has 15 N–H and O–H groups in total. The monoisotopic (exact) mass is 1860 g/mol. The van der Waals surface area contributed by atoms with Gasteiger partial charge in [0.1, 0.15) is 5.75 Å². The summed E-state index contributed by atoms with van der Waals surface area (Å²) in [7, 11) is 0. The van der Waals surface area contributed by atoms with Crippen LogP contribution in [-0.4, -0.2) is 327 Å². The Labute approximate surface area is 771 Å². The maximum absolute atomic E-state index is 15.3. The molecule has 0 spiro atoms. The maximum Gasteiger partial charge on any atom is 0.226 e. The predicted molar refractivity (Wildman–Crippen MR) is 485 cm³/mol. The first kappa shape index (κ1) is 110. The van der Waals surface area contributed by atoms with Crippen molar-refractivity contribution in [2.75, 3.05) is 191 Å². The number of nitrogens with zero attached hydrogens (tertiary/aromatic N) is 3. The zero-order valence-electron chi connectivity index (χ0n) is 76.0. The lowest BCUT2D eigenvalue weighted by Gasteiger charge is -2.29. The van der Waals surface area contributed by atoms with Crippen molar-refractivity contribution in [1.82, 2.24) is 46.4 Å². The molecule has 2 saturated heterocycles. The number of Topliss-reactive ketones (excluding diaryl/α,β-unsaturated/α-hetero) is 5. The molecule has 4 heterocycles. The SMILES string of the molecule is CC(C)C[C@H](NC(=O)[C@@H](CCCCNC(=O)CCOCCOCCOCCOCCOCCOCCOCCOCCOCCOCCOCCOCCS)CC(=O)[C@H](Cc1ccc(O)cc1)NC(=O)[C@H](CO)CC(=O)[C@H](Cc1c[nH]c2ccccc12)NC(=O)[C@@H](CC(=O)C1CCC(=O)N1)Cc1cnc[nH]1)C(=O)C[C@@H](CCCN=C(N)N)C(=O)N1CCC[C@@H]1C(=O)CCC(N)=O. The molecule has 1 unspecified atom stereocenters. The Balaban J connectivity index is 1.02. The number of hydrogen-bond donors (Lipinski definition) is 13. The number of para-hydroxylation sites is 1. The molecule has 2 aliphatic rings. The van der Waals surface area contributed by atoms with Crippen molar-refractivity contribution in [2.45, 2.75) is 172 Å². The number of phenols is 1. The zero-order valence-corrected chi connectivity index (χ0v) is 76.9. The number of aromatic amines is 2. The summed E-state index contributed by atoms with van der Waals surface area (Å²) in [5.74, 6) is -11.4. The fourth-order valence-electron chi connectivity index (χ4n) is 14.8. The number of aliphatic hydroxyl groups excluding tert-OH is 1. The first-order chi connectivity index (χ1) is 63.4. The van der Waals surface area contributed by atoms with Crippen LogP contribution in [0.5, 0.6) is 5.75 Å². The van der Waals surface area contributed by atoms with Crippen LogP contribution in [0.4, 0.5) is 0 Å². The van der Waals surface area contributed by atoms with E-state index in [0.717, 1.165) is 10.9 Å². The molecule has 2 aliphatic heterocycles. The average Bonchev–Trinajstić information content (AvgIpc) is 1.72. The van der Waals surface area contributed by atoms with Crippen LogP contribution in [0.25, 0.3) is 10.9 Å². The van der Waals surface area contributed by atoms with E-state index in [2.05, 4.69) is 59.2 Å². The van der Waals surface area contributed by atoms with Crippen LogP contribution in [0.1, 0.15) is 140 Å². The molecule has 7 amide bonds. The topological polar surface area (TPSA) is 554 Å². The Bertz CT molecular complexity index is 4050. The quantitative estimate of drug-likeness (QED) is 0.0131. The molecule has 2 aromatic heterocycles. The summed E-state index contributed by atoms with van der Waals surface area (Å²) in [6.07, 6.45) is 4.18. The standard InChI is InChI=1S/C91H141N13O26S/c1-63(2)51-75(82(110)56-66(10-7-24-97-91(93)94)90(118)104-25-8-13-78(104)79(107)19-20-84(92)112)101-87(115)65(9-5-6-23-96-85(113)22-26-119-27-28-120-29-30-121-31-32-122-33-34-123-35-36-124-37-38-125-39-40-126-41-42-127-43-44-128-45-46-129-47-48-130-49-50-131)55-81(109)76(52-64-14-16-71(106)17-15-64)102-89(117)69(61-105)58-83(111)77(54-68-59-98-73-12-4-3-11-72(68)73)103-88(116)67(53-70-60-95-62-99-70)57-80(108)74-18-21-86(114)100-74/h3-4,11-12,14-17,59-60,62-63,65-67,69,74-78,98,105-106,131H,5-10,13,18-58,61H2,1-2H3,(H2,92,112)(H,95,99)(H,96,113)(H,100,114)(H,101,115)(H,102,117)(H,103,116)(H4,93,94,97)/t65-,66+,67+,69-,74?,75-,76-,77-,78+/m0/s1. The number of ketones is 5. The normalized spacial score (nSPS) is 15.4. The van der Waals surface area contributed by atoms with Gasteiger partial charge in [-0.15, -0.1) is 0 Å². The Morgan fingerprint density at radius 3 is 1.57 bits per heavy atom. The van der Waals surface area contributed by atoms with Crippen molar-refractivity contribution in [3.63, 3.8) is 0 Å². The molecular formula is C91H141N13O26S. The highest BCUT2D eigenvalue weighted by Gasteiger charge is 2.41. The number of aromatic hydroxyl groups is 1. The molecule has 732 valence electrons. The highest BCUT2D eigenvalue weighted by atomic mass is 32.1. The number of unbranched alkanes of at least 4 members (excludes halogenated alkanes) is 1. The minimum absolute atomic E-state index is 0.00339. The van der Waals surface area contributed by atoms with Crippen LogP contribution in [-0.2, 0) is 134 Å². The van der Waals surface area contributed by atoms with E-state index in [-0.39, 0.29) is 177 Å². The van der Waals surface area contributed by atoms with Crippen LogP contribution in [0.15, 0.2) is 72.2 Å². The van der Waals surface area contributed by atoms with Crippen molar-refractivity contribution in [1.29, 1.82) is 0 Å². The molecule has 2 fully saturated rings. The number of primary amides is 1. The molecule has 0 bridgehead atoms. The number of imidazole rings is 1. The highest BCUT2D eigenvalue weighted by molar-refractivity contribution is 7.80. The van der Waals surface area contributed by atoms with E-state index in [1.54, 1.807) is 12.3 Å². The number of rotatable bonds is 79. The number of nitrogens with two attached hydrogens (primary N) is 3. The molecule has 0 radical (unpaired) electrons.